The lowest BCUT2D eigenvalue weighted by atomic mass is 9.95. The van der Waals surface area contributed by atoms with Crippen LogP contribution in [0.1, 0.15) is 47.6 Å². The fourth-order valence-electron chi connectivity index (χ4n) is 3.66. The minimum atomic E-state index is -0.740. The molecule has 1 aliphatic rings. The second kappa shape index (κ2) is 7.54. The normalized spacial score (nSPS) is 18.8. The molecule has 28 heavy (non-hydrogen) atoms. The maximum Gasteiger partial charge on any atom is 0.295 e. The first kappa shape index (κ1) is 19.7. The van der Waals surface area contributed by atoms with Crippen LogP contribution in [-0.2, 0) is 9.59 Å². The molecule has 1 fully saturated rings. The van der Waals surface area contributed by atoms with Gasteiger partial charge >= 0.3 is 0 Å². The Kier molecular flexibility index (Phi) is 5.31. The lowest BCUT2D eigenvalue weighted by Gasteiger charge is -2.23. The summed E-state index contributed by atoms with van der Waals surface area (Å²) in [5.41, 5.74) is 2.13. The van der Waals surface area contributed by atoms with Crippen molar-refractivity contribution < 1.29 is 23.8 Å². The molecule has 1 N–H and O–H groups in total. The lowest BCUT2D eigenvalue weighted by molar-refractivity contribution is -0.140. The van der Waals surface area contributed by atoms with Crippen molar-refractivity contribution in [3.63, 3.8) is 0 Å². The maximum atomic E-state index is 12.8. The average Bonchev–Trinajstić information content (AvgIpc) is 3.19. The minimum absolute atomic E-state index is 0.0560. The van der Waals surface area contributed by atoms with E-state index in [9.17, 15) is 14.7 Å². The number of benzene rings is 1. The molecule has 6 nitrogen and oxygen atoms in total. The molecule has 148 valence electrons. The predicted octanol–water partition coefficient (Wildman–Crippen LogP) is 4.05. The molecule has 0 bridgehead atoms. The molecule has 1 atom stereocenters. The van der Waals surface area contributed by atoms with Crippen molar-refractivity contribution in [1.29, 1.82) is 0 Å². The first-order chi connectivity index (χ1) is 13.3. The minimum Gasteiger partial charge on any atom is -0.507 e. The molecule has 1 amide bonds. The Hall–Kier alpha value is -3.02. The number of aliphatic hydroxyl groups is 1. The highest BCUT2D eigenvalue weighted by Crippen LogP contribution is 2.41. The Morgan fingerprint density at radius 3 is 2.46 bits per heavy atom. The molecule has 3 rings (SSSR count). The van der Waals surface area contributed by atoms with Crippen LogP contribution in [0.4, 0.5) is 0 Å². The molecule has 0 saturated carbocycles. The van der Waals surface area contributed by atoms with Crippen LogP contribution in [0.3, 0.4) is 0 Å². The van der Waals surface area contributed by atoms with Crippen molar-refractivity contribution in [2.45, 2.75) is 40.2 Å². The second-order valence-electron chi connectivity index (χ2n) is 7.08. The second-order valence-corrected chi connectivity index (χ2v) is 7.08. The van der Waals surface area contributed by atoms with E-state index in [4.69, 9.17) is 9.15 Å². The van der Waals surface area contributed by atoms with Crippen LogP contribution in [0, 0.1) is 20.8 Å². The van der Waals surface area contributed by atoms with E-state index < -0.39 is 17.7 Å². The average molecular weight is 383 g/mol. The van der Waals surface area contributed by atoms with Gasteiger partial charge in [0.05, 0.1) is 12.7 Å². The highest BCUT2D eigenvalue weighted by atomic mass is 16.5. The zero-order chi connectivity index (χ0) is 20.6. The van der Waals surface area contributed by atoms with E-state index in [0.717, 1.165) is 11.1 Å². The number of ketones is 1. The first-order valence-corrected chi connectivity index (χ1v) is 9.30. The van der Waals surface area contributed by atoms with E-state index in [2.05, 4.69) is 0 Å². The Balaban J connectivity index is 2.22. The van der Waals surface area contributed by atoms with Crippen molar-refractivity contribution in [3.05, 3.63) is 58.0 Å². The number of methoxy groups -OCH3 is 1. The van der Waals surface area contributed by atoms with Crippen LogP contribution in [-0.4, -0.2) is 35.4 Å². The zero-order valence-electron chi connectivity index (χ0n) is 16.8. The van der Waals surface area contributed by atoms with Crippen molar-refractivity contribution in [2.75, 3.05) is 13.7 Å². The summed E-state index contributed by atoms with van der Waals surface area (Å²) in [6, 6.07) is 6.35. The number of nitrogens with zero attached hydrogens (tertiary/aromatic N) is 1. The number of aryl methyl sites for hydroxylation is 3. The first-order valence-electron chi connectivity index (χ1n) is 9.30. The van der Waals surface area contributed by atoms with Gasteiger partial charge in [-0.3, -0.25) is 9.59 Å². The Labute approximate surface area is 164 Å². The van der Waals surface area contributed by atoms with Crippen LogP contribution >= 0.6 is 0 Å². The molecule has 0 spiro atoms. The molecule has 2 heterocycles. The van der Waals surface area contributed by atoms with E-state index >= 15 is 0 Å². The number of carbonyl (C=O) groups is 2. The molecule has 1 aromatic carbocycles. The van der Waals surface area contributed by atoms with Gasteiger partial charge in [0, 0.05) is 12.1 Å². The zero-order valence-corrected chi connectivity index (χ0v) is 16.8. The number of carbonyl (C=O) groups excluding carboxylic acids is 2. The number of amides is 1. The molecule has 1 aliphatic heterocycles. The van der Waals surface area contributed by atoms with Crippen LogP contribution in [0.25, 0.3) is 5.76 Å². The number of Topliss-reactive ketones (excluding diaryl/α,β-unsaturated/α-hetero) is 1. The number of likely N-dealkylation sites (tertiary alicyclic amines) is 1. The molecule has 6 heteroatoms. The molecule has 1 unspecified atom stereocenters. The van der Waals surface area contributed by atoms with Crippen LogP contribution in [0.15, 0.2) is 34.3 Å². The molecule has 0 radical (unpaired) electrons. The van der Waals surface area contributed by atoms with Gasteiger partial charge in [-0.1, -0.05) is 6.92 Å². The quantitative estimate of drug-likeness (QED) is 0.479. The third-order valence-corrected chi connectivity index (χ3v) is 5.03. The van der Waals surface area contributed by atoms with Crippen LogP contribution in [0.2, 0.25) is 0 Å². The van der Waals surface area contributed by atoms with Gasteiger partial charge in [-0.05, 0) is 62.6 Å². The summed E-state index contributed by atoms with van der Waals surface area (Å²) in [6.45, 7) is 7.81. The van der Waals surface area contributed by atoms with Crippen molar-refractivity contribution in [1.82, 2.24) is 4.90 Å². The number of aliphatic hydroxyl groups excluding tert-OH is 1. The van der Waals surface area contributed by atoms with Gasteiger partial charge in [-0.15, -0.1) is 0 Å². The van der Waals surface area contributed by atoms with Gasteiger partial charge in [-0.2, -0.15) is 0 Å². The monoisotopic (exact) mass is 383 g/mol. The smallest absolute Gasteiger partial charge is 0.295 e. The highest BCUT2D eigenvalue weighted by Gasteiger charge is 2.47. The van der Waals surface area contributed by atoms with Gasteiger partial charge in [-0.25, -0.2) is 0 Å². The van der Waals surface area contributed by atoms with E-state index in [1.807, 2.05) is 20.8 Å². The van der Waals surface area contributed by atoms with E-state index in [-0.39, 0.29) is 11.3 Å². The Morgan fingerprint density at radius 2 is 1.89 bits per heavy atom. The van der Waals surface area contributed by atoms with Crippen molar-refractivity contribution >= 4 is 17.4 Å². The molecule has 1 saturated heterocycles. The summed E-state index contributed by atoms with van der Waals surface area (Å²) in [5, 5.41) is 11.1. The van der Waals surface area contributed by atoms with Gasteiger partial charge < -0.3 is 19.2 Å². The van der Waals surface area contributed by atoms with Gasteiger partial charge in [0.15, 0.2) is 0 Å². The molecule has 1 aromatic heterocycles. The van der Waals surface area contributed by atoms with Crippen LogP contribution in [0.5, 0.6) is 5.75 Å². The SMILES string of the molecule is CCCN1C(=O)C(=O)/C(=C(/O)c2cc(C)c(OC)cc2C)C1c1ccc(C)o1. The van der Waals surface area contributed by atoms with Crippen molar-refractivity contribution in [2.24, 2.45) is 0 Å². The number of furan rings is 1. The van der Waals surface area contributed by atoms with Gasteiger partial charge in [0.25, 0.3) is 11.7 Å². The van der Waals surface area contributed by atoms with E-state index in [0.29, 0.717) is 35.8 Å². The number of hydrogen-bond donors (Lipinski definition) is 1. The third-order valence-electron chi connectivity index (χ3n) is 5.03. The summed E-state index contributed by atoms with van der Waals surface area (Å²) in [7, 11) is 1.58. The number of hydrogen-bond acceptors (Lipinski definition) is 5. The fourth-order valence-corrected chi connectivity index (χ4v) is 3.66. The van der Waals surface area contributed by atoms with E-state index in [1.54, 1.807) is 38.3 Å². The Bertz CT molecular complexity index is 969. The summed E-state index contributed by atoms with van der Waals surface area (Å²) in [6.07, 6.45) is 0.684. The largest absolute Gasteiger partial charge is 0.507 e. The fraction of sp³-hybridized carbons (Fsp3) is 0.364. The standard InChI is InChI=1S/C22H25NO5/c1-6-9-23-19(16-8-7-14(4)28-16)18(21(25)22(23)26)20(24)15-10-13(3)17(27-5)11-12(15)2/h7-8,10-11,19,24H,6,9H2,1-5H3/b20-18+. The topological polar surface area (TPSA) is 80.0 Å². The lowest BCUT2D eigenvalue weighted by Crippen LogP contribution is -2.30. The van der Waals surface area contributed by atoms with E-state index in [1.165, 1.54) is 4.90 Å². The molecule has 2 aromatic rings. The highest BCUT2D eigenvalue weighted by molar-refractivity contribution is 6.46. The number of ether oxygens (including phenoxy) is 1. The van der Waals surface area contributed by atoms with Crippen molar-refractivity contribution in [3.8, 4) is 5.75 Å². The maximum absolute atomic E-state index is 12.8. The molecular weight excluding hydrogens is 358 g/mol. The summed E-state index contributed by atoms with van der Waals surface area (Å²) < 4.78 is 11.1. The van der Waals surface area contributed by atoms with Crippen LogP contribution < -0.4 is 4.74 Å². The summed E-state index contributed by atoms with van der Waals surface area (Å²) in [4.78, 5) is 27.0. The summed E-state index contributed by atoms with van der Waals surface area (Å²) in [5.74, 6) is 0.323. The molecule has 0 aliphatic carbocycles. The molecular formula is C22H25NO5. The van der Waals surface area contributed by atoms with Gasteiger partial charge in [0.2, 0.25) is 0 Å². The third kappa shape index (κ3) is 3.19. The summed E-state index contributed by atoms with van der Waals surface area (Å²) >= 11 is 0. The van der Waals surface area contributed by atoms with Gasteiger partial charge in [0.1, 0.15) is 29.1 Å². The predicted molar refractivity (Wildman–Crippen MR) is 105 cm³/mol. The Morgan fingerprint density at radius 1 is 1.18 bits per heavy atom. The number of rotatable bonds is 5.